The first kappa shape index (κ1) is 24.4. The molecule has 1 aliphatic rings. The maximum absolute atomic E-state index is 14.9. The maximum Gasteiger partial charge on any atom is 0.329 e. The highest BCUT2D eigenvalue weighted by atomic mass is 32.2. The van der Waals surface area contributed by atoms with E-state index >= 15 is 0 Å². The molecule has 5 nitrogen and oxygen atoms in total. The van der Waals surface area contributed by atoms with Crippen LogP contribution in [0.15, 0.2) is 53.6 Å². The van der Waals surface area contributed by atoms with Crippen molar-refractivity contribution >= 4 is 17.7 Å². The number of thioether (sulfide) groups is 1. The highest BCUT2D eigenvalue weighted by molar-refractivity contribution is 7.98. The molecule has 0 amide bonds. The Morgan fingerprint density at radius 3 is 2.50 bits per heavy atom. The number of aromatic nitrogens is 2. The fraction of sp³-hybridized carbons (Fsp3) is 0.385. The third-order valence-electron chi connectivity index (χ3n) is 6.32. The molecule has 180 valence electrons. The number of aliphatic carboxylic acids is 1. The summed E-state index contributed by atoms with van der Waals surface area (Å²) in [6.07, 6.45) is 5.84. The van der Waals surface area contributed by atoms with Crippen molar-refractivity contribution in [3.05, 3.63) is 60.2 Å². The van der Waals surface area contributed by atoms with Gasteiger partial charge in [0.15, 0.2) is 0 Å². The summed E-state index contributed by atoms with van der Waals surface area (Å²) in [6.45, 7) is 0.902. The summed E-state index contributed by atoms with van der Waals surface area (Å²) in [5.74, 6) is -1.15. The molecule has 4 rings (SSSR count). The fourth-order valence-electron chi connectivity index (χ4n) is 4.65. The minimum absolute atomic E-state index is 0.216. The lowest BCUT2D eigenvalue weighted by molar-refractivity contribution is -0.142. The molecule has 0 bridgehead atoms. The number of nitrogens with zero attached hydrogens (tertiary/aromatic N) is 2. The van der Waals surface area contributed by atoms with Gasteiger partial charge in [-0.1, -0.05) is 30.3 Å². The Balaban J connectivity index is 1.60. The van der Waals surface area contributed by atoms with Crippen LogP contribution in [0.4, 0.5) is 8.78 Å². The second kappa shape index (κ2) is 11.1. The van der Waals surface area contributed by atoms with Crippen LogP contribution in [0, 0.1) is 23.5 Å². The summed E-state index contributed by atoms with van der Waals surface area (Å²) in [5.41, 5.74) is 2.33. The summed E-state index contributed by atoms with van der Waals surface area (Å²) >= 11 is 1.49. The van der Waals surface area contributed by atoms with E-state index in [2.05, 4.69) is 0 Å². The SMILES string of the molecule is CSc1c(-c2cc(F)ccc2F)c(-c2ccccc2)nn1C[C@H]1CC[C@@H](COCC(=O)O)CC1. The molecule has 0 radical (unpaired) electrons. The van der Waals surface area contributed by atoms with Crippen molar-refractivity contribution in [2.45, 2.75) is 37.3 Å². The predicted octanol–water partition coefficient (Wildman–Crippen LogP) is 6.12. The molecule has 1 N–H and O–H groups in total. The third kappa shape index (κ3) is 5.67. The van der Waals surface area contributed by atoms with Gasteiger partial charge < -0.3 is 9.84 Å². The highest BCUT2D eigenvalue weighted by Gasteiger charge is 2.27. The van der Waals surface area contributed by atoms with E-state index in [0.29, 0.717) is 36.2 Å². The molecular weight excluding hydrogens is 458 g/mol. The summed E-state index contributed by atoms with van der Waals surface area (Å²) in [4.78, 5) is 10.6. The van der Waals surface area contributed by atoms with Gasteiger partial charge in [0, 0.05) is 23.2 Å². The van der Waals surface area contributed by atoms with E-state index in [4.69, 9.17) is 14.9 Å². The number of hydrogen-bond acceptors (Lipinski definition) is 4. The lowest BCUT2D eigenvalue weighted by atomic mass is 9.82. The number of benzene rings is 2. The van der Waals surface area contributed by atoms with Crippen LogP contribution in [0.25, 0.3) is 22.4 Å². The first-order valence-electron chi connectivity index (χ1n) is 11.4. The van der Waals surface area contributed by atoms with E-state index < -0.39 is 17.6 Å². The van der Waals surface area contributed by atoms with Gasteiger partial charge in [-0.3, -0.25) is 4.68 Å². The lowest BCUT2D eigenvalue weighted by Gasteiger charge is -2.28. The van der Waals surface area contributed by atoms with Crippen molar-refractivity contribution in [3.63, 3.8) is 0 Å². The van der Waals surface area contributed by atoms with Gasteiger partial charge in [0.1, 0.15) is 29.0 Å². The zero-order valence-corrected chi connectivity index (χ0v) is 19.9. The molecule has 0 unspecified atom stereocenters. The third-order valence-corrected chi connectivity index (χ3v) is 7.12. The molecule has 3 aromatic rings. The van der Waals surface area contributed by atoms with Crippen LogP contribution in [0.2, 0.25) is 0 Å². The molecule has 8 heteroatoms. The molecule has 0 atom stereocenters. The van der Waals surface area contributed by atoms with E-state index in [9.17, 15) is 13.6 Å². The molecule has 1 saturated carbocycles. The number of hydrogen-bond donors (Lipinski definition) is 1. The van der Waals surface area contributed by atoms with Crippen molar-refractivity contribution < 1.29 is 23.4 Å². The van der Waals surface area contributed by atoms with Gasteiger partial charge in [0.2, 0.25) is 0 Å². The summed E-state index contributed by atoms with van der Waals surface area (Å²) in [7, 11) is 0. The van der Waals surface area contributed by atoms with Gasteiger partial charge in [-0.05, 0) is 62.0 Å². The van der Waals surface area contributed by atoms with Crippen molar-refractivity contribution in [1.29, 1.82) is 0 Å². The zero-order valence-electron chi connectivity index (χ0n) is 19.0. The lowest BCUT2D eigenvalue weighted by Crippen LogP contribution is -2.23. The number of carboxylic acid groups (broad SMARTS) is 1. The quantitative estimate of drug-likeness (QED) is 0.369. The van der Waals surface area contributed by atoms with Crippen LogP contribution in [0.1, 0.15) is 25.7 Å². The van der Waals surface area contributed by atoms with E-state index in [1.165, 1.54) is 17.8 Å². The van der Waals surface area contributed by atoms with E-state index in [-0.39, 0.29) is 12.2 Å². The Kier molecular flexibility index (Phi) is 8.00. The fourth-order valence-corrected chi connectivity index (χ4v) is 5.38. The molecule has 1 heterocycles. The average molecular weight is 487 g/mol. The first-order chi connectivity index (χ1) is 16.5. The van der Waals surface area contributed by atoms with Gasteiger partial charge in [0.25, 0.3) is 0 Å². The Labute approximate surface area is 202 Å². The van der Waals surface area contributed by atoms with Crippen molar-refractivity contribution in [2.24, 2.45) is 11.8 Å². The molecule has 1 fully saturated rings. The van der Waals surface area contributed by atoms with Gasteiger partial charge in [-0.2, -0.15) is 5.10 Å². The largest absolute Gasteiger partial charge is 0.480 e. The van der Waals surface area contributed by atoms with Crippen LogP contribution in [0.3, 0.4) is 0 Å². The number of halogens is 2. The van der Waals surface area contributed by atoms with Gasteiger partial charge in [-0.15, -0.1) is 11.8 Å². The van der Waals surface area contributed by atoms with Crippen LogP contribution in [-0.4, -0.2) is 40.3 Å². The normalized spacial score (nSPS) is 18.2. The Hall–Kier alpha value is -2.71. The van der Waals surface area contributed by atoms with E-state index in [0.717, 1.165) is 48.4 Å². The maximum atomic E-state index is 14.9. The molecule has 0 spiro atoms. The van der Waals surface area contributed by atoms with Gasteiger partial charge >= 0.3 is 5.97 Å². The van der Waals surface area contributed by atoms with Gasteiger partial charge in [0.05, 0.1) is 6.61 Å². The standard InChI is InChI=1S/C26H28F2N2O3S/c1-34-26-24(21-13-20(27)11-12-22(21)28)25(19-5-3-2-4-6-19)29-30(26)14-17-7-9-18(10-8-17)15-33-16-23(31)32/h2-6,11-13,17-18H,7-10,14-16H2,1H3,(H,31,32)/t17-,18+. The van der Waals surface area contributed by atoms with Crippen LogP contribution < -0.4 is 0 Å². The number of ether oxygens (including phenoxy) is 1. The second-order valence-corrected chi connectivity index (χ2v) is 9.50. The van der Waals surface area contributed by atoms with Crippen LogP contribution in [-0.2, 0) is 16.1 Å². The monoisotopic (exact) mass is 486 g/mol. The molecule has 1 aliphatic carbocycles. The minimum atomic E-state index is -0.947. The van der Waals surface area contributed by atoms with Crippen molar-refractivity contribution in [1.82, 2.24) is 9.78 Å². The van der Waals surface area contributed by atoms with Crippen molar-refractivity contribution in [3.8, 4) is 22.4 Å². The predicted molar refractivity (Wildman–Crippen MR) is 129 cm³/mol. The smallest absolute Gasteiger partial charge is 0.329 e. The molecule has 2 aromatic carbocycles. The summed E-state index contributed by atoms with van der Waals surface area (Å²) < 4.78 is 36.2. The summed E-state index contributed by atoms with van der Waals surface area (Å²) in [5, 5.41) is 14.5. The highest BCUT2D eigenvalue weighted by Crippen LogP contribution is 2.41. The van der Waals surface area contributed by atoms with Crippen LogP contribution in [0.5, 0.6) is 0 Å². The minimum Gasteiger partial charge on any atom is -0.480 e. The van der Waals surface area contributed by atoms with Crippen molar-refractivity contribution in [2.75, 3.05) is 19.5 Å². The Morgan fingerprint density at radius 2 is 1.82 bits per heavy atom. The zero-order chi connectivity index (χ0) is 24.1. The Bertz CT molecular complexity index is 1130. The molecule has 1 aromatic heterocycles. The molecular formula is C26H28F2N2O3S. The number of carboxylic acids is 1. The Morgan fingerprint density at radius 1 is 1.12 bits per heavy atom. The number of rotatable bonds is 9. The molecule has 34 heavy (non-hydrogen) atoms. The van der Waals surface area contributed by atoms with Crippen LogP contribution >= 0.6 is 11.8 Å². The molecule has 0 saturated heterocycles. The van der Waals surface area contributed by atoms with E-state index in [1.54, 1.807) is 0 Å². The number of carbonyl (C=O) groups is 1. The average Bonchev–Trinajstić information content (AvgIpc) is 3.20. The first-order valence-corrected chi connectivity index (χ1v) is 12.6. The van der Waals surface area contributed by atoms with Gasteiger partial charge in [-0.25, -0.2) is 13.6 Å². The second-order valence-electron chi connectivity index (χ2n) is 8.70. The molecule has 0 aliphatic heterocycles. The topological polar surface area (TPSA) is 64.4 Å². The summed E-state index contributed by atoms with van der Waals surface area (Å²) in [6, 6.07) is 13.1. The van der Waals surface area contributed by atoms with E-state index in [1.807, 2.05) is 41.3 Å².